The molecule has 0 bridgehead atoms. The summed E-state index contributed by atoms with van der Waals surface area (Å²) in [5.41, 5.74) is 1.62. The second kappa shape index (κ2) is 4.70. The lowest BCUT2D eigenvalue weighted by atomic mass is 10.0. The first kappa shape index (κ1) is 13.6. The number of aromatic amines is 1. The maximum Gasteiger partial charge on any atom is 0.306 e. The molecule has 0 saturated heterocycles. The minimum atomic E-state index is -3.26. The molecular weight excluding hydrogens is 266 g/mol. The fraction of sp³-hybridized carbons (Fsp3) is 0.308. The number of fused-ring (bicyclic) bond motifs is 1. The predicted octanol–water partition coefficient (Wildman–Crippen LogP) is 1.83. The Balaban J connectivity index is 2.49. The van der Waals surface area contributed by atoms with Gasteiger partial charge in [-0.15, -0.1) is 0 Å². The Labute approximate surface area is 111 Å². The monoisotopic (exact) mass is 281 g/mol. The molecule has 0 aliphatic heterocycles. The predicted molar refractivity (Wildman–Crippen MR) is 71.9 cm³/mol. The standard InChI is InChI=1S/C13H15NO4S/c1-8(13(15)16)5-9-7-14-12-4-3-10(6-11(9)12)19(2,17)18/h3-4,6-8,14H,5H2,1-2H3,(H,15,16). The van der Waals surface area contributed by atoms with Crippen LogP contribution in [0.25, 0.3) is 10.9 Å². The summed E-state index contributed by atoms with van der Waals surface area (Å²) in [4.78, 5) is 14.1. The van der Waals surface area contributed by atoms with Gasteiger partial charge in [0.05, 0.1) is 10.8 Å². The Bertz CT molecular complexity index is 730. The molecule has 1 atom stereocenters. The molecule has 2 rings (SSSR count). The summed E-state index contributed by atoms with van der Waals surface area (Å²) in [6.07, 6.45) is 3.25. The largest absolute Gasteiger partial charge is 0.481 e. The normalized spacial score (nSPS) is 13.6. The third-order valence-electron chi connectivity index (χ3n) is 3.11. The summed E-state index contributed by atoms with van der Waals surface area (Å²) >= 11 is 0. The zero-order valence-corrected chi connectivity index (χ0v) is 11.5. The first-order chi connectivity index (χ1) is 8.79. The molecule has 1 aromatic carbocycles. The van der Waals surface area contributed by atoms with Gasteiger partial charge in [-0.25, -0.2) is 8.42 Å². The maximum atomic E-state index is 11.5. The number of sulfone groups is 1. The third-order valence-corrected chi connectivity index (χ3v) is 4.22. The van der Waals surface area contributed by atoms with E-state index in [0.29, 0.717) is 6.42 Å². The fourth-order valence-corrected chi connectivity index (χ4v) is 2.62. The molecule has 102 valence electrons. The molecule has 0 amide bonds. The van der Waals surface area contributed by atoms with Crippen LogP contribution in [0.5, 0.6) is 0 Å². The lowest BCUT2D eigenvalue weighted by Crippen LogP contribution is -2.11. The van der Waals surface area contributed by atoms with Crippen LogP contribution >= 0.6 is 0 Å². The quantitative estimate of drug-likeness (QED) is 0.895. The number of aliphatic carboxylic acids is 1. The van der Waals surface area contributed by atoms with Crippen molar-refractivity contribution >= 4 is 26.7 Å². The molecule has 0 aliphatic rings. The van der Waals surface area contributed by atoms with E-state index >= 15 is 0 Å². The molecule has 19 heavy (non-hydrogen) atoms. The van der Waals surface area contributed by atoms with E-state index in [1.165, 1.54) is 0 Å². The van der Waals surface area contributed by atoms with Gasteiger partial charge >= 0.3 is 5.97 Å². The van der Waals surface area contributed by atoms with Gasteiger partial charge in [0.2, 0.25) is 0 Å². The molecule has 2 N–H and O–H groups in total. The number of carboxylic acids is 1. The van der Waals surface area contributed by atoms with Gasteiger partial charge in [0.25, 0.3) is 0 Å². The first-order valence-corrected chi connectivity index (χ1v) is 7.71. The lowest BCUT2D eigenvalue weighted by molar-refractivity contribution is -0.141. The molecule has 6 heteroatoms. The van der Waals surface area contributed by atoms with E-state index < -0.39 is 21.7 Å². The molecule has 0 fully saturated rings. The highest BCUT2D eigenvalue weighted by atomic mass is 32.2. The van der Waals surface area contributed by atoms with Crippen LogP contribution in [0.15, 0.2) is 29.3 Å². The van der Waals surface area contributed by atoms with Gasteiger partial charge in [-0.1, -0.05) is 6.92 Å². The van der Waals surface area contributed by atoms with Crippen molar-refractivity contribution in [3.63, 3.8) is 0 Å². The van der Waals surface area contributed by atoms with Crippen molar-refractivity contribution in [3.8, 4) is 0 Å². The Morgan fingerprint density at radius 3 is 2.68 bits per heavy atom. The van der Waals surface area contributed by atoms with Crippen molar-refractivity contribution in [1.29, 1.82) is 0 Å². The van der Waals surface area contributed by atoms with Crippen molar-refractivity contribution < 1.29 is 18.3 Å². The lowest BCUT2D eigenvalue weighted by Gasteiger charge is -2.05. The summed E-state index contributed by atoms with van der Waals surface area (Å²) in [5, 5.41) is 9.69. The number of hydrogen-bond donors (Lipinski definition) is 2. The van der Waals surface area contributed by atoms with Crippen molar-refractivity contribution in [1.82, 2.24) is 4.98 Å². The van der Waals surface area contributed by atoms with Crippen LogP contribution in [0.4, 0.5) is 0 Å². The highest BCUT2D eigenvalue weighted by molar-refractivity contribution is 7.90. The van der Waals surface area contributed by atoms with E-state index in [9.17, 15) is 13.2 Å². The van der Waals surface area contributed by atoms with Gasteiger partial charge in [-0.05, 0) is 30.2 Å². The number of nitrogens with one attached hydrogen (secondary N) is 1. The molecule has 1 heterocycles. The summed E-state index contributed by atoms with van der Waals surface area (Å²) in [6, 6.07) is 4.82. The average Bonchev–Trinajstić information content (AvgIpc) is 2.70. The molecular formula is C13H15NO4S. The molecule has 2 aromatic rings. The van der Waals surface area contributed by atoms with E-state index in [2.05, 4.69) is 4.98 Å². The maximum absolute atomic E-state index is 11.5. The molecule has 0 saturated carbocycles. The Kier molecular flexibility index (Phi) is 3.36. The zero-order valence-electron chi connectivity index (χ0n) is 10.7. The SMILES string of the molecule is CC(Cc1c[nH]c2ccc(S(C)(=O)=O)cc12)C(=O)O. The van der Waals surface area contributed by atoms with Gasteiger partial charge in [-0.3, -0.25) is 4.79 Å². The average molecular weight is 281 g/mol. The molecule has 0 aliphatic carbocycles. The third kappa shape index (κ3) is 2.78. The summed E-state index contributed by atoms with van der Waals surface area (Å²) < 4.78 is 23.1. The highest BCUT2D eigenvalue weighted by Gasteiger charge is 2.16. The van der Waals surface area contributed by atoms with Gasteiger partial charge in [0.15, 0.2) is 9.84 Å². The molecule has 0 radical (unpaired) electrons. The van der Waals surface area contributed by atoms with Crippen LogP contribution in [0.1, 0.15) is 12.5 Å². The molecule has 5 nitrogen and oxygen atoms in total. The minimum absolute atomic E-state index is 0.240. The number of H-pyrrole nitrogens is 1. The van der Waals surface area contributed by atoms with Crippen LogP contribution in [0.2, 0.25) is 0 Å². The van der Waals surface area contributed by atoms with Gasteiger partial charge < -0.3 is 10.1 Å². The van der Waals surface area contributed by atoms with E-state index in [0.717, 1.165) is 22.7 Å². The van der Waals surface area contributed by atoms with E-state index in [1.807, 2.05) is 0 Å². The number of rotatable bonds is 4. The van der Waals surface area contributed by atoms with Crippen molar-refractivity contribution in [2.24, 2.45) is 5.92 Å². The van der Waals surface area contributed by atoms with Crippen LogP contribution in [-0.2, 0) is 21.1 Å². The highest BCUT2D eigenvalue weighted by Crippen LogP contribution is 2.24. The van der Waals surface area contributed by atoms with Crippen molar-refractivity contribution in [2.45, 2.75) is 18.2 Å². The van der Waals surface area contributed by atoms with Crippen LogP contribution in [0.3, 0.4) is 0 Å². The topological polar surface area (TPSA) is 87.2 Å². The Morgan fingerprint density at radius 1 is 1.42 bits per heavy atom. The number of hydrogen-bond acceptors (Lipinski definition) is 3. The minimum Gasteiger partial charge on any atom is -0.481 e. The van der Waals surface area contributed by atoms with Gasteiger partial charge in [0.1, 0.15) is 0 Å². The summed E-state index contributed by atoms with van der Waals surface area (Å²) in [5.74, 6) is -1.38. The van der Waals surface area contributed by atoms with E-state index in [1.54, 1.807) is 31.3 Å². The van der Waals surface area contributed by atoms with Gasteiger partial charge in [0, 0.05) is 23.4 Å². The smallest absolute Gasteiger partial charge is 0.306 e. The number of carbonyl (C=O) groups is 1. The molecule has 1 unspecified atom stereocenters. The second-order valence-electron chi connectivity index (χ2n) is 4.74. The van der Waals surface area contributed by atoms with Crippen LogP contribution < -0.4 is 0 Å². The fourth-order valence-electron chi connectivity index (χ4n) is 1.97. The van der Waals surface area contributed by atoms with Gasteiger partial charge in [-0.2, -0.15) is 0 Å². The number of benzene rings is 1. The number of aromatic nitrogens is 1. The van der Waals surface area contributed by atoms with Crippen LogP contribution in [0, 0.1) is 5.92 Å². The Hall–Kier alpha value is -1.82. The van der Waals surface area contributed by atoms with Crippen LogP contribution in [-0.4, -0.2) is 30.7 Å². The molecule has 1 aromatic heterocycles. The van der Waals surface area contributed by atoms with Crippen molar-refractivity contribution in [2.75, 3.05) is 6.26 Å². The Morgan fingerprint density at radius 2 is 2.11 bits per heavy atom. The summed E-state index contributed by atoms with van der Waals surface area (Å²) in [6.45, 7) is 1.63. The zero-order chi connectivity index (χ0) is 14.2. The van der Waals surface area contributed by atoms with Crippen molar-refractivity contribution in [3.05, 3.63) is 30.0 Å². The summed E-state index contributed by atoms with van der Waals surface area (Å²) in [7, 11) is -3.26. The van der Waals surface area contributed by atoms with E-state index in [4.69, 9.17) is 5.11 Å². The van der Waals surface area contributed by atoms with E-state index in [-0.39, 0.29) is 4.90 Å². The second-order valence-corrected chi connectivity index (χ2v) is 6.75. The molecule has 0 spiro atoms. The first-order valence-electron chi connectivity index (χ1n) is 5.82. The number of carboxylic acid groups (broad SMARTS) is 1.